The third kappa shape index (κ3) is 2.27. The van der Waals surface area contributed by atoms with Gasteiger partial charge in [0, 0.05) is 18.8 Å². The summed E-state index contributed by atoms with van der Waals surface area (Å²) in [5.41, 5.74) is 0.0774. The minimum Gasteiger partial charge on any atom is -0.494 e. The number of carbonyl (C=O) groups is 1. The third-order valence-electron chi connectivity index (χ3n) is 2.94. The van der Waals surface area contributed by atoms with Crippen molar-refractivity contribution in [1.29, 1.82) is 0 Å². The lowest BCUT2D eigenvalue weighted by atomic mass is 10.1. The van der Waals surface area contributed by atoms with Gasteiger partial charge in [-0.15, -0.1) is 11.6 Å². The Kier molecular flexibility index (Phi) is 3.97. The zero-order valence-corrected chi connectivity index (χ0v) is 11.3. The van der Waals surface area contributed by atoms with Crippen molar-refractivity contribution in [2.45, 2.75) is 6.42 Å². The zero-order valence-electron chi connectivity index (χ0n) is 9.75. The number of methoxy groups -OCH3 is 1. The number of nitrogens with zero attached hydrogens (tertiary/aromatic N) is 1. The topological polar surface area (TPSA) is 29.5 Å². The number of hydrogen-bond acceptors (Lipinski definition) is 2. The second-order valence-electron chi connectivity index (χ2n) is 4.14. The van der Waals surface area contributed by atoms with E-state index in [0.29, 0.717) is 18.8 Å². The summed E-state index contributed by atoms with van der Waals surface area (Å²) < 4.78 is 19.0. The van der Waals surface area contributed by atoms with Crippen LogP contribution in [0.15, 0.2) is 12.1 Å². The Bertz CT molecular complexity index is 481. The average molecular weight is 292 g/mol. The molecule has 0 N–H and O–H groups in total. The van der Waals surface area contributed by atoms with E-state index in [9.17, 15) is 9.18 Å². The lowest BCUT2D eigenvalue weighted by Crippen LogP contribution is -2.26. The highest BCUT2D eigenvalue weighted by Crippen LogP contribution is 2.37. The van der Waals surface area contributed by atoms with Gasteiger partial charge in [-0.3, -0.25) is 4.79 Å². The lowest BCUT2D eigenvalue weighted by Gasteiger charge is -2.19. The van der Waals surface area contributed by atoms with Crippen LogP contribution in [0.25, 0.3) is 0 Å². The average Bonchev–Trinajstić information content (AvgIpc) is 2.71. The first kappa shape index (κ1) is 13.4. The Morgan fingerprint density at radius 1 is 1.56 bits per heavy atom. The predicted molar refractivity (Wildman–Crippen MR) is 69.1 cm³/mol. The van der Waals surface area contributed by atoms with Gasteiger partial charge < -0.3 is 9.64 Å². The summed E-state index contributed by atoms with van der Waals surface area (Å²) in [6, 6.07) is 2.95. The first-order chi connectivity index (χ1) is 8.58. The van der Waals surface area contributed by atoms with Crippen molar-refractivity contribution in [3.8, 4) is 5.75 Å². The van der Waals surface area contributed by atoms with Gasteiger partial charge in [0.2, 0.25) is 5.91 Å². The van der Waals surface area contributed by atoms with Crippen molar-refractivity contribution in [2.75, 3.05) is 24.4 Å². The maximum absolute atomic E-state index is 14.2. The van der Waals surface area contributed by atoms with E-state index in [0.717, 1.165) is 0 Å². The largest absolute Gasteiger partial charge is 0.494 e. The molecular formula is C12H12Cl2FNO2. The Labute approximate surface area is 114 Å². The van der Waals surface area contributed by atoms with Crippen molar-refractivity contribution in [2.24, 2.45) is 5.92 Å². The summed E-state index contributed by atoms with van der Waals surface area (Å²) >= 11 is 11.7. The molecule has 1 aliphatic rings. The van der Waals surface area contributed by atoms with Gasteiger partial charge in [0.05, 0.1) is 12.1 Å². The van der Waals surface area contributed by atoms with Crippen molar-refractivity contribution >= 4 is 34.8 Å². The molecule has 0 radical (unpaired) electrons. The number of benzene rings is 1. The van der Waals surface area contributed by atoms with Crippen LogP contribution in [0.3, 0.4) is 0 Å². The van der Waals surface area contributed by atoms with E-state index < -0.39 is 5.82 Å². The van der Waals surface area contributed by atoms with Crippen LogP contribution in [0.4, 0.5) is 10.1 Å². The van der Waals surface area contributed by atoms with Crippen LogP contribution in [0, 0.1) is 11.7 Å². The number of ether oxygens (including phenoxy) is 1. The summed E-state index contributed by atoms with van der Waals surface area (Å²) in [6.45, 7) is 0.381. The summed E-state index contributed by atoms with van der Waals surface area (Å²) in [5.74, 6) is -0.327. The standard InChI is InChI=1S/C12H12Cl2FNO2/c1-18-9-3-2-8(14)12(11(9)15)16-6-7(5-13)4-10(16)17/h2-3,7H,4-6H2,1H3. The SMILES string of the molecule is COc1ccc(Cl)c(N2CC(CCl)CC2=O)c1F. The molecule has 1 aliphatic heterocycles. The van der Waals surface area contributed by atoms with Gasteiger partial charge in [0.25, 0.3) is 0 Å². The zero-order chi connectivity index (χ0) is 13.3. The lowest BCUT2D eigenvalue weighted by molar-refractivity contribution is -0.117. The second kappa shape index (κ2) is 5.33. The van der Waals surface area contributed by atoms with E-state index in [1.807, 2.05) is 0 Å². The van der Waals surface area contributed by atoms with Gasteiger partial charge in [-0.05, 0) is 18.1 Å². The molecule has 0 bridgehead atoms. The van der Waals surface area contributed by atoms with Crippen LogP contribution in [-0.2, 0) is 4.79 Å². The highest BCUT2D eigenvalue weighted by molar-refractivity contribution is 6.34. The molecule has 1 amide bonds. The van der Waals surface area contributed by atoms with Gasteiger partial charge >= 0.3 is 0 Å². The number of alkyl halides is 1. The molecule has 0 aliphatic carbocycles. The highest BCUT2D eigenvalue weighted by atomic mass is 35.5. The normalized spacial score (nSPS) is 19.4. The Morgan fingerprint density at radius 2 is 2.28 bits per heavy atom. The van der Waals surface area contributed by atoms with Crippen molar-refractivity contribution in [3.05, 3.63) is 23.0 Å². The van der Waals surface area contributed by atoms with E-state index in [4.69, 9.17) is 27.9 Å². The molecule has 0 spiro atoms. The number of hydrogen-bond donors (Lipinski definition) is 0. The second-order valence-corrected chi connectivity index (χ2v) is 4.86. The smallest absolute Gasteiger partial charge is 0.227 e. The molecule has 0 aromatic heterocycles. The maximum atomic E-state index is 14.2. The molecule has 1 aromatic rings. The summed E-state index contributed by atoms with van der Waals surface area (Å²) in [5, 5.41) is 0.192. The molecule has 2 rings (SSSR count). The fourth-order valence-electron chi connectivity index (χ4n) is 2.03. The molecule has 1 saturated heterocycles. The van der Waals surface area contributed by atoms with Gasteiger partial charge in [0.1, 0.15) is 5.69 Å². The minimum atomic E-state index is -0.617. The minimum absolute atomic E-state index is 0.0286. The van der Waals surface area contributed by atoms with E-state index in [1.165, 1.54) is 24.1 Å². The molecule has 0 saturated carbocycles. The van der Waals surface area contributed by atoms with E-state index in [2.05, 4.69) is 0 Å². The van der Waals surface area contributed by atoms with E-state index >= 15 is 0 Å². The van der Waals surface area contributed by atoms with Crippen molar-refractivity contribution in [3.63, 3.8) is 0 Å². The van der Waals surface area contributed by atoms with Crippen molar-refractivity contribution < 1.29 is 13.9 Å². The molecule has 1 atom stereocenters. The first-order valence-electron chi connectivity index (χ1n) is 5.46. The van der Waals surface area contributed by atoms with E-state index in [1.54, 1.807) is 0 Å². The van der Waals surface area contributed by atoms with Crippen molar-refractivity contribution in [1.82, 2.24) is 0 Å². The summed E-state index contributed by atoms with van der Waals surface area (Å²) in [7, 11) is 1.36. The number of anilines is 1. The summed E-state index contributed by atoms with van der Waals surface area (Å²) in [4.78, 5) is 13.2. The molecule has 18 heavy (non-hydrogen) atoms. The first-order valence-corrected chi connectivity index (χ1v) is 6.38. The molecular weight excluding hydrogens is 280 g/mol. The fraction of sp³-hybridized carbons (Fsp3) is 0.417. The van der Waals surface area contributed by atoms with Crippen LogP contribution in [0.1, 0.15) is 6.42 Å². The fourth-order valence-corrected chi connectivity index (χ4v) is 2.48. The molecule has 1 fully saturated rings. The van der Waals surface area contributed by atoms with Crippen LogP contribution < -0.4 is 9.64 Å². The number of amides is 1. The third-order valence-corrected chi connectivity index (χ3v) is 3.69. The molecule has 6 heteroatoms. The molecule has 98 valence electrons. The molecule has 1 heterocycles. The van der Waals surface area contributed by atoms with Gasteiger partial charge in [-0.1, -0.05) is 11.6 Å². The Morgan fingerprint density at radius 3 is 2.83 bits per heavy atom. The molecule has 1 unspecified atom stereocenters. The quantitative estimate of drug-likeness (QED) is 0.801. The van der Waals surface area contributed by atoms with Crippen LogP contribution in [-0.4, -0.2) is 25.4 Å². The Hall–Kier alpha value is -1.00. The van der Waals surface area contributed by atoms with Gasteiger partial charge in [-0.25, -0.2) is 4.39 Å². The van der Waals surface area contributed by atoms with Gasteiger partial charge in [-0.2, -0.15) is 0 Å². The van der Waals surface area contributed by atoms with Crippen LogP contribution >= 0.6 is 23.2 Å². The maximum Gasteiger partial charge on any atom is 0.227 e. The van der Waals surface area contributed by atoms with E-state index in [-0.39, 0.29) is 28.3 Å². The molecule has 1 aromatic carbocycles. The van der Waals surface area contributed by atoms with Crippen LogP contribution in [0.2, 0.25) is 5.02 Å². The highest BCUT2D eigenvalue weighted by Gasteiger charge is 2.33. The number of carbonyl (C=O) groups excluding carboxylic acids is 1. The Balaban J connectivity index is 2.42. The summed E-state index contributed by atoms with van der Waals surface area (Å²) in [6.07, 6.45) is 0.316. The molecule has 3 nitrogen and oxygen atoms in total. The number of halogens is 3. The predicted octanol–water partition coefficient (Wildman–Crippen LogP) is 3.08. The number of rotatable bonds is 3. The monoisotopic (exact) mass is 291 g/mol. The van der Waals surface area contributed by atoms with Gasteiger partial charge in [0.15, 0.2) is 11.6 Å². The van der Waals surface area contributed by atoms with Crippen LogP contribution in [0.5, 0.6) is 5.75 Å².